The Morgan fingerprint density at radius 1 is 1.41 bits per heavy atom. The zero-order chi connectivity index (χ0) is 12.8. The van der Waals surface area contributed by atoms with E-state index in [1.165, 1.54) is 6.42 Å². The number of hydrogen-bond donors (Lipinski definition) is 1. The summed E-state index contributed by atoms with van der Waals surface area (Å²) in [6.07, 6.45) is 4.36. The molecule has 3 saturated carbocycles. The molecule has 0 aromatic rings. The molecule has 2 bridgehead atoms. The van der Waals surface area contributed by atoms with Crippen molar-refractivity contribution in [3.8, 4) is 0 Å². The van der Waals surface area contributed by atoms with Crippen LogP contribution in [-0.4, -0.2) is 17.0 Å². The topological polar surface area (TPSA) is 37.3 Å². The van der Waals surface area contributed by atoms with Crippen LogP contribution in [0.1, 0.15) is 47.0 Å². The summed E-state index contributed by atoms with van der Waals surface area (Å²) < 4.78 is 0. The monoisotopic (exact) mass is 236 g/mol. The minimum Gasteiger partial charge on any atom is -0.393 e. The van der Waals surface area contributed by atoms with E-state index in [4.69, 9.17) is 0 Å². The number of fused-ring (bicyclic) bond motifs is 2. The maximum atomic E-state index is 11.9. The molecular formula is C15H24O2. The molecule has 0 amide bonds. The third kappa shape index (κ3) is 2.08. The van der Waals surface area contributed by atoms with Gasteiger partial charge in [-0.25, -0.2) is 0 Å². The molecule has 0 saturated heterocycles. The van der Waals surface area contributed by atoms with Crippen LogP contribution in [0.15, 0.2) is 11.6 Å². The van der Waals surface area contributed by atoms with Crippen LogP contribution in [0.2, 0.25) is 0 Å². The lowest BCUT2D eigenvalue weighted by Gasteiger charge is -2.62. The number of carbonyl (C=O) groups is 1. The first-order valence-electron chi connectivity index (χ1n) is 6.70. The summed E-state index contributed by atoms with van der Waals surface area (Å²) in [7, 11) is 0. The highest BCUT2D eigenvalue weighted by atomic mass is 16.3. The molecular weight excluding hydrogens is 212 g/mol. The van der Waals surface area contributed by atoms with Gasteiger partial charge in [-0.15, -0.1) is 0 Å². The summed E-state index contributed by atoms with van der Waals surface area (Å²) in [5.41, 5.74) is 1.22. The minimum absolute atomic E-state index is 0.141. The van der Waals surface area contributed by atoms with Gasteiger partial charge in [0.05, 0.1) is 6.10 Å². The van der Waals surface area contributed by atoms with Crippen LogP contribution in [0, 0.1) is 23.2 Å². The summed E-state index contributed by atoms with van der Waals surface area (Å²) >= 11 is 0. The van der Waals surface area contributed by atoms with Gasteiger partial charge in [-0.1, -0.05) is 19.4 Å². The highest BCUT2D eigenvalue weighted by molar-refractivity contribution is 5.90. The van der Waals surface area contributed by atoms with Gasteiger partial charge in [-0.2, -0.15) is 0 Å². The number of carbonyl (C=O) groups excluding carboxylic acids is 1. The molecule has 2 heteroatoms. The van der Waals surface area contributed by atoms with Crippen molar-refractivity contribution in [3.05, 3.63) is 11.6 Å². The Kier molecular flexibility index (Phi) is 3.19. The maximum Gasteiger partial charge on any atom is 0.156 e. The van der Waals surface area contributed by atoms with Crippen molar-refractivity contribution in [2.75, 3.05) is 0 Å². The van der Waals surface area contributed by atoms with E-state index >= 15 is 0 Å². The first kappa shape index (κ1) is 12.8. The molecule has 0 radical (unpaired) electrons. The van der Waals surface area contributed by atoms with Crippen molar-refractivity contribution in [2.45, 2.75) is 53.1 Å². The van der Waals surface area contributed by atoms with Crippen molar-refractivity contribution in [2.24, 2.45) is 23.2 Å². The highest BCUT2D eigenvalue weighted by Gasteiger charge is 2.58. The van der Waals surface area contributed by atoms with Crippen LogP contribution in [0.4, 0.5) is 0 Å². The number of allylic oxidation sites excluding steroid dienone is 2. The van der Waals surface area contributed by atoms with Crippen LogP contribution >= 0.6 is 0 Å². The Morgan fingerprint density at radius 3 is 2.59 bits per heavy atom. The molecule has 5 atom stereocenters. The first-order valence-corrected chi connectivity index (χ1v) is 6.70. The van der Waals surface area contributed by atoms with Crippen LogP contribution in [0.5, 0.6) is 0 Å². The van der Waals surface area contributed by atoms with Crippen LogP contribution in [0.3, 0.4) is 0 Å². The summed E-state index contributed by atoms with van der Waals surface area (Å²) in [4.78, 5) is 11.9. The van der Waals surface area contributed by atoms with Crippen molar-refractivity contribution in [3.63, 3.8) is 0 Å². The summed E-state index contributed by atoms with van der Waals surface area (Å²) in [5, 5.41) is 9.89. The van der Waals surface area contributed by atoms with E-state index in [0.717, 1.165) is 12.0 Å². The SMILES string of the molecule is CC(C)=CC(=O)C[C@@]1(C)[C@H]2C[C@H](O)[C@@H](C)[C@@H]1C2. The van der Waals surface area contributed by atoms with Gasteiger partial charge in [-0.05, 0) is 55.9 Å². The second kappa shape index (κ2) is 4.24. The van der Waals surface area contributed by atoms with Crippen molar-refractivity contribution >= 4 is 5.78 Å². The number of rotatable bonds is 3. The zero-order valence-electron chi connectivity index (χ0n) is 11.4. The van der Waals surface area contributed by atoms with Gasteiger partial charge in [0, 0.05) is 6.42 Å². The van der Waals surface area contributed by atoms with Crippen LogP contribution < -0.4 is 0 Å². The van der Waals surface area contributed by atoms with Gasteiger partial charge in [0.1, 0.15) is 0 Å². The molecule has 3 aliphatic carbocycles. The fourth-order valence-corrected chi connectivity index (χ4v) is 3.97. The zero-order valence-corrected chi connectivity index (χ0v) is 11.4. The van der Waals surface area contributed by atoms with Crippen LogP contribution in [-0.2, 0) is 4.79 Å². The lowest BCUT2D eigenvalue weighted by molar-refractivity contribution is -0.170. The molecule has 17 heavy (non-hydrogen) atoms. The van der Waals surface area contributed by atoms with Crippen molar-refractivity contribution in [1.29, 1.82) is 0 Å². The molecule has 3 fully saturated rings. The molecule has 0 spiro atoms. The molecule has 0 aromatic heterocycles. The number of aliphatic hydroxyl groups excluding tert-OH is 1. The molecule has 2 nitrogen and oxygen atoms in total. The number of aliphatic hydroxyl groups is 1. The van der Waals surface area contributed by atoms with E-state index in [2.05, 4.69) is 13.8 Å². The predicted octanol–water partition coefficient (Wildman–Crippen LogP) is 2.95. The van der Waals surface area contributed by atoms with Gasteiger partial charge >= 0.3 is 0 Å². The summed E-state index contributed by atoms with van der Waals surface area (Å²) in [6, 6.07) is 0. The average molecular weight is 236 g/mol. The van der Waals surface area contributed by atoms with E-state index in [1.54, 1.807) is 6.08 Å². The van der Waals surface area contributed by atoms with Gasteiger partial charge < -0.3 is 5.11 Å². The van der Waals surface area contributed by atoms with Crippen molar-refractivity contribution in [1.82, 2.24) is 0 Å². The standard InChI is InChI=1S/C15H24O2/c1-9(2)5-12(16)8-15(4)11-6-13(15)10(3)14(17)7-11/h5,10-11,13-14,17H,6-8H2,1-4H3/t10-,11+,13-,14-,15-/m0/s1. The highest BCUT2D eigenvalue weighted by Crippen LogP contribution is 2.63. The lowest BCUT2D eigenvalue weighted by atomic mass is 9.43. The summed E-state index contributed by atoms with van der Waals surface area (Å²) in [5.74, 6) is 1.69. The van der Waals surface area contributed by atoms with E-state index in [9.17, 15) is 9.90 Å². The average Bonchev–Trinajstić information content (AvgIpc) is 2.19. The minimum atomic E-state index is -0.148. The van der Waals surface area contributed by atoms with E-state index in [1.807, 2.05) is 13.8 Å². The Morgan fingerprint density at radius 2 is 2.06 bits per heavy atom. The second-order valence-corrected chi connectivity index (χ2v) is 6.57. The normalized spacial score (nSPS) is 43.8. The van der Waals surface area contributed by atoms with Crippen LogP contribution in [0.25, 0.3) is 0 Å². The van der Waals surface area contributed by atoms with E-state index in [-0.39, 0.29) is 17.3 Å². The molecule has 1 N–H and O–H groups in total. The van der Waals surface area contributed by atoms with Gasteiger partial charge in [0.2, 0.25) is 0 Å². The fraction of sp³-hybridized carbons (Fsp3) is 0.800. The fourth-order valence-electron chi connectivity index (χ4n) is 3.97. The van der Waals surface area contributed by atoms with E-state index in [0.29, 0.717) is 24.2 Å². The Hall–Kier alpha value is -0.630. The third-order valence-corrected chi connectivity index (χ3v) is 5.09. The second-order valence-electron chi connectivity index (χ2n) is 6.57. The van der Waals surface area contributed by atoms with Gasteiger partial charge in [0.25, 0.3) is 0 Å². The largest absolute Gasteiger partial charge is 0.393 e. The first-order chi connectivity index (χ1) is 7.84. The Labute approximate surface area is 104 Å². The predicted molar refractivity (Wildman–Crippen MR) is 68.5 cm³/mol. The van der Waals surface area contributed by atoms with E-state index < -0.39 is 0 Å². The maximum absolute atomic E-state index is 11.9. The smallest absolute Gasteiger partial charge is 0.156 e. The Bertz CT molecular complexity index is 354. The molecule has 3 rings (SSSR count). The van der Waals surface area contributed by atoms with Gasteiger partial charge in [-0.3, -0.25) is 4.79 Å². The molecule has 0 aromatic carbocycles. The Balaban J connectivity index is 2.07. The quantitative estimate of drug-likeness (QED) is 0.765. The molecule has 0 heterocycles. The number of ketones is 1. The molecule has 0 aliphatic heterocycles. The molecule has 3 aliphatic rings. The summed E-state index contributed by atoms with van der Waals surface area (Å²) in [6.45, 7) is 8.31. The van der Waals surface area contributed by atoms with Gasteiger partial charge in [0.15, 0.2) is 5.78 Å². The third-order valence-electron chi connectivity index (χ3n) is 5.09. The molecule has 96 valence electrons. The van der Waals surface area contributed by atoms with Crippen molar-refractivity contribution < 1.29 is 9.90 Å². The number of hydrogen-bond acceptors (Lipinski definition) is 2. The lowest BCUT2D eigenvalue weighted by Crippen LogP contribution is -2.58. The molecule has 0 unspecified atom stereocenters.